The molecule has 0 amide bonds. The van der Waals surface area contributed by atoms with Crippen LogP contribution in [-0.4, -0.2) is 5.60 Å². The largest absolute Gasteiger partial charge is 0.487 e. The van der Waals surface area contributed by atoms with E-state index in [2.05, 4.69) is 57.2 Å². The fourth-order valence-electron chi connectivity index (χ4n) is 2.49. The highest BCUT2D eigenvalue weighted by molar-refractivity contribution is 5.60. The fourth-order valence-corrected chi connectivity index (χ4v) is 2.49. The normalized spacial score (nSPS) is 22.4. The molecule has 0 aromatic heterocycles. The molecule has 2 rings (SSSR count). The van der Waals surface area contributed by atoms with Gasteiger partial charge in [-0.15, -0.1) is 0 Å². The van der Waals surface area contributed by atoms with Gasteiger partial charge in [0, 0.05) is 5.56 Å². The Kier molecular flexibility index (Phi) is 4.47. The second-order valence-corrected chi connectivity index (χ2v) is 5.85. The van der Waals surface area contributed by atoms with E-state index in [4.69, 9.17) is 4.74 Å². The molecule has 1 heterocycles. The summed E-state index contributed by atoms with van der Waals surface area (Å²) in [5.41, 5.74) is 2.56. The van der Waals surface area contributed by atoms with Gasteiger partial charge < -0.3 is 4.74 Å². The molecule has 0 fully saturated rings. The third kappa shape index (κ3) is 3.99. The Morgan fingerprint density at radius 3 is 2.68 bits per heavy atom. The third-order valence-corrected chi connectivity index (χ3v) is 3.64. The summed E-state index contributed by atoms with van der Waals surface area (Å²) in [6.45, 7) is 6.54. The Balaban J connectivity index is 2.03. The van der Waals surface area contributed by atoms with Gasteiger partial charge in [0.2, 0.25) is 0 Å². The lowest BCUT2D eigenvalue weighted by molar-refractivity contribution is 0.0332. The molecule has 0 saturated carbocycles. The number of hydrogen-bond acceptors (Lipinski definition) is 1. The molecule has 1 aromatic carbocycles. The first-order chi connectivity index (χ1) is 9.09. The van der Waals surface area contributed by atoms with Crippen molar-refractivity contribution in [2.45, 2.75) is 52.1 Å². The Morgan fingerprint density at radius 1 is 1.26 bits per heavy atom. The van der Waals surface area contributed by atoms with Gasteiger partial charge in [0.1, 0.15) is 11.4 Å². The smallest absolute Gasteiger partial charge is 0.123 e. The van der Waals surface area contributed by atoms with E-state index in [0.717, 1.165) is 31.4 Å². The predicted molar refractivity (Wildman–Crippen MR) is 81.8 cm³/mol. The van der Waals surface area contributed by atoms with Crippen LogP contribution in [0.1, 0.15) is 52.0 Å². The maximum absolute atomic E-state index is 6.27. The monoisotopic (exact) mass is 256 g/mol. The van der Waals surface area contributed by atoms with Gasteiger partial charge in [-0.2, -0.15) is 0 Å². The standard InChI is InChI=1S/C18H24O/c1-15(2)9-7-13-18(3)14-8-12-17(19-18)16-10-5-4-6-11-16/h4-6,9-12H,7-8,13-14H2,1-3H3. The van der Waals surface area contributed by atoms with Gasteiger partial charge in [-0.05, 0) is 52.5 Å². The van der Waals surface area contributed by atoms with E-state index in [1.165, 1.54) is 11.1 Å². The highest BCUT2D eigenvalue weighted by Gasteiger charge is 2.29. The molecule has 0 bridgehead atoms. The van der Waals surface area contributed by atoms with Crippen LogP contribution in [-0.2, 0) is 4.74 Å². The van der Waals surface area contributed by atoms with Crippen molar-refractivity contribution >= 4 is 5.76 Å². The van der Waals surface area contributed by atoms with E-state index in [-0.39, 0.29) is 5.60 Å². The third-order valence-electron chi connectivity index (χ3n) is 3.64. The second-order valence-electron chi connectivity index (χ2n) is 5.85. The van der Waals surface area contributed by atoms with Crippen molar-refractivity contribution in [1.29, 1.82) is 0 Å². The van der Waals surface area contributed by atoms with Crippen LogP contribution in [0.4, 0.5) is 0 Å². The van der Waals surface area contributed by atoms with E-state index in [1.807, 2.05) is 6.07 Å². The van der Waals surface area contributed by atoms with Crippen LogP contribution in [0.5, 0.6) is 0 Å². The van der Waals surface area contributed by atoms with Crippen LogP contribution in [0.3, 0.4) is 0 Å². The van der Waals surface area contributed by atoms with Crippen LogP contribution >= 0.6 is 0 Å². The minimum Gasteiger partial charge on any atom is -0.487 e. The zero-order valence-electron chi connectivity index (χ0n) is 12.3. The maximum atomic E-state index is 6.27. The predicted octanol–water partition coefficient (Wildman–Crippen LogP) is 5.34. The molecule has 0 saturated heterocycles. The quantitative estimate of drug-likeness (QED) is 0.660. The second kappa shape index (κ2) is 6.10. The first-order valence-corrected chi connectivity index (χ1v) is 7.17. The van der Waals surface area contributed by atoms with Crippen LogP contribution in [0.15, 0.2) is 48.1 Å². The molecule has 1 heteroatoms. The van der Waals surface area contributed by atoms with Gasteiger partial charge >= 0.3 is 0 Å². The van der Waals surface area contributed by atoms with Crippen molar-refractivity contribution < 1.29 is 4.74 Å². The molecule has 0 N–H and O–H groups in total. The van der Waals surface area contributed by atoms with Gasteiger partial charge in [-0.1, -0.05) is 42.0 Å². The van der Waals surface area contributed by atoms with E-state index in [1.54, 1.807) is 0 Å². The van der Waals surface area contributed by atoms with Gasteiger partial charge in [0.25, 0.3) is 0 Å². The molecule has 1 aliphatic heterocycles. The minimum atomic E-state index is -0.0219. The summed E-state index contributed by atoms with van der Waals surface area (Å²) < 4.78 is 6.27. The summed E-state index contributed by atoms with van der Waals surface area (Å²) in [7, 11) is 0. The van der Waals surface area contributed by atoms with Crippen LogP contribution < -0.4 is 0 Å². The van der Waals surface area contributed by atoms with Gasteiger partial charge in [0.05, 0.1) is 0 Å². The number of allylic oxidation sites excluding steroid dienone is 3. The van der Waals surface area contributed by atoms with Gasteiger partial charge in [0.15, 0.2) is 0 Å². The molecule has 0 aliphatic carbocycles. The maximum Gasteiger partial charge on any atom is 0.123 e. The summed E-state index contributed by atoms with van der Waals surface area (Å²) in [6, 6.07) is 10.4. The summed E-state index contributed by atoms with van der Waals surface area (Å²) in [5.74, 6) is 1.05. The topological polar surface area (TPSA) is 9.23 Å². The fraction of sp³-hybridized carbons (Fsp3) is 0.444. The molecule has 19 heavy (non-hydrogen) atoms. The summed E-state index contributed by atoms with van der Waals surface area (Å²) in [4.78, 5) is 0. The van der Waals surface area contributed by atoms with E-state index in [9.17, 15) is 0 Å². The van der Waals surface area contributed by atoms with Crippen molar-refractivity contribution in [3.8, 4) is 0 Å². The molecular formula is C18H24O. The van der Waals surface area contributed by atoms with Gasteiger partial charge in [-0.3, -0.25) is 0 Å². The average molecular weight is 256 g/mol. The average Bonchev–Trinajstić information content (AvgIpc) is 2.39. The van der Waals surface area contributed by atoms with Crippen molar-refractivity contribution in [1.82, 2.24) is 0 Å². The Hall–Kier alpha value is -1.50. The van der Waals surface area contributed by atoms with Crippen molar-refractivity contribution in [3.63, 3.8) is 0 Å². The molecule has 102 valence electrons. The highest BCUT2D eigenvalue weighted by Crippen LogP contribution is 2.35. The van der Waals surface area contributed by atoms with Crippen LogP contribution in [0, 0.1) is 0 Å². The lowest BCUT2D eigenvalue weighted by atomic mass is 9.90. The van der Waals surface area contributed by atoms with Crippen molar-refractivity contribution in [2.24, 2.45) is 0 Å². The summed E-state index contributed by atoms with van der Waals surface area (Å²) >= 11 is 0. The van der Waals surface area contributed by atoms with Crippen LogP contribution in [0.2, 0.25) is 0 Å². The first kappa shape index (κ1) is 13.9. The molecule has 0 spiro atoms. The molecule has 1 atom stereocenters. The molecule has 1 unspecified atom stereocenters. The van der Waals surface area contributed by atoms with Crippen LogP contribution in [0.25, 0.3) is 5.76 Å². The number of ether oxygens (including phenoxy) is 1. The van der Waals surface area contributed by atoms with Crippen molar-refractivity contribution in [3.05, 3.63) is 53.6 Å². The zero-order valence-corrected chi connectivity index (χ0v) is 12.3. The summed E-state index contributed by atoms with van der Waals surface area (Å²) in [5, 5.41) is 0. The van der Waals surface area contributed by atoms with Crippen molar-refractivity contribution in [2.75, 3.05) is 0 Å². The number of benzene rings is 1. The zero-order chi connectivity index (χ0) is 13.7. The molecule has 1 aliphatic rings. The first-order valence-electron chi connectivity index (χ1n) is 7.17. The Labute approximate surface area is 117 Å². The lowest BCUT2D eigenvalue weighted by Gasteiger charge is -2.35. The lowest BCUT2D eigenvalue weighted by Crippen LogP contribution is -2.30. The number of hydrogen-bond donors (Lipinski definition) is 0. The molecule has 0 radical (unpaired) electrons. The summed E-state index contributed by atoms with van der Waals surface area (Å²) in [6.07, 6.45) is 8.92. The minimum absolute atomic E-state index is 0.0219. The van der Waals surface area contributed by atoms with E-state index in [0.29, 0.717) is 0 Å². The molecule has 1 nitrogen and oxygen atoms in total. The Bertz CT molecular complexity index is 466. The molecule has 1 aromatic rings. The van der Waals surface area contributed by atoms with E-state index >= 15 is 0 Å². The van der Waals surface area contributed by atoms with Gasteiger partial charge in [-0.25, -0.2) is 0 Å². The van der Waals surface area contributed by atoms with E-state index < -0.39 is 0 Å². The highest BCUT2D eigenvalue weighted by atomic mass is 16.5. The SMILES string of the molecule is CC(C)=CCCC1(C)CCC=C(c2ccccc2)O1. The Morgan fingerprint density at radius 2 is 2.00 bits per heavy atom. The number of rotatable bonds is 4. The molecular weight excluding hydrogens is 232 g/mol.